The van der Waals surface area contributed by atoms with Crippen LogP contribution in [0, 0.1) is 0 Å². The van der Waals surface area contributed by atoms with Crippen LogP contribution >= 0.6 is 0 Å². The molecule has 0 radical (unpaired) electrons. The lowest BCUT2D eigenvalue weighted by Gasteiger charge is -2.07. The lowest BCUT2D eigenvalue weighted by atomic mass is 10.1. The van der Waals surface area contributed by atoms with E-state index in [1.54, 1.807) is 0 Å². The summed E-state index contributed by atoms with van der Waals surface area (Å²) in [6.07, 6.45) is 27.7. The second-order valence-corrected chi connectivity index (χ2v) is 7.67. The molecule has 30 heavy (non-hydrogen) atoms. The Morgan fingerprint density at radius 2 is 1.40 bits per heavy atom. The molecule has 0 bridgehead atoms. The average Bonchev–Trinajstić information content (AvgIpc) is 3.28. The minimum absolute atomic E-state index is 0.156. The van der Waals surface area contributed by atoms with Crippen LogP contribution < -0.4 is 0 Å². The molecular formula is C27H52O3. The summed E-state index contributed by atoms with van der Waals surface area (Å²) in [5.74, 6) is -0.226. The molecule has 0 aromatic rings. The van der Waals surface area contributed by atoms with Gasteiger partial charge in [0, 0.05) is 13.5 Å². The Labute approximate surface area is 188 Å². The van der Waals surface area contributed by atoms with Gasteiger partial charge in [0.25, 0.3) is 0 Å². The zero-order valence-corrected chi connectivity index (χ0v) is 20.9. The van der Waals surface area contributed by atoms with Crippen LogP contribution in [0.15, 0.2) is 24.3 Å². The van der Waals surface area contributed by atoms with Crippen LogP contribution in [-0.2, 0) is 14.3 Å². The largest absolute Gasteiger partial charge is 0.463 e. The first-order valence-electron chi connectivity index (χ1n) is 12.8. The molecule has 3 heteroatoms. The first-order chi connectivity index (χ1) is 14.7. The van der Waals surface area contributed by atoms with Gasteiger partial charge in [0.05, 0.1) is 6.10 Å². The zero-order valence-electron chi connectivity index (χ0n) is 20.9. The summed E-state index contributed by atoms with van der Waals surface area (Å²) in [5.41, 5.74) is 0. The van der Waals surface area contributed by atoms with Crippen molar-refractivity contribution in [2.24, 2.45) is 0 Å². The molecule has 1 fully saturated rings. The van der Waals surface area contributed by atoms with E-state index in [2.05, 4.69) is 38.2 Å². The molecule has 1 saturated heterocycles. The van der Waals surface area contributed by atoms with Gasteiger partial charge in [-0.3, -0.25) is 4.79 Å². The Morgan fingerprint density at radius 1 is 0.867 bits per heavy atom. The van der Waals surface area contributed by atoms with Crippen LogP contribution in [0.25, 0.3) is 0 Å². The Kier molecular flexibility index (Phi) is 28.9. The summed E-state index contributed by atoms with van der Waals surface area (Å²) in [7, 11) is 0. The smallest absolute Gasteiger partial charge is 0.302 e. The predicted molar refractivity (Wildman–Crippen MR) is 132 cm³/mol. The number of unbranched alkanes of at least 4 members (excludes halogenated alkanes) is 9. The van der Waals surface area contributed by atoms with Crippen LogP contribution in [0.2, 0.25) is 0 Å². The molecule has 178 valence electrons. The molecule has 3 nitrogen and oxygen atoms in total. The molecule has 0 aromatic carbocycles. The summed E-state index contributed by atoms with van der Waals surface area (Å²) in [6, 6.07) is 0. The molecule has 0 aliphatic carbocycles. The maximum absolute atomic E-state index is 10.3. The van der Waals surface area contributed by atoms with Crippen molar-refractivity contribution in [3.05, 3.63) is 24.3 Å². The van der Waals surface area contributed by atoms with E-state index in [0.29, 0.717) is 6.61 Å². The number of rotatable bonds is 15. The van der Waals surface area contributed by atoms with Gasteiger partial charge in [-0.05, 0) is 44.9 Å². The Morgan fingerprint density at radius 3 is 1.93 bits per heavy atom. The normalized spacial score (nSPS) is 15.6. The van der Waals surface area contributed by atoms with E-state index < -0.39 is 0 Å². The van der Waals surface area contributed by atoms with Crippen LogP contribution in [0.1, 0.15) is 125 Å². The predicted octanol–water partition coefficient (Wildman–Crippen LogP) is 8.57. The molecular weight excluding hydrogens is 372 g/mol. The van der Waals surface area contributed by atoms with Crippen LogP contribution in [0.3, 0.4) is 0 Å². The third kappa shape index (κ3) is 26.9. The van der Waals surface area contributed by atoms with Gasteiger partial charge in [-0.1, -0.05) is 96.9 Å². The molecule has 0 aromatic heterocycles. The van der Waals surface area contributed by atoms with Crippen molar-refractivity contribution in [2.45, 2.75) is 131 Å². The molecule has 0 amide bonds. The van der Waals surface area contributed by atoms with Crippen molar-refractivity contribution >= 4 is 5.97 Å². The average molecular weight is 425 g/mol. The summed E-state index contributed by atoms with van der Waals surface area (Å²) in [4.78, 5) is 10.3. The quantitative estimate of drug-likeness (QED) is 0.150. The fourth-order valence-electron chi connectivity index (χ4n) is 3.05. The van der Waals surface area contributed by atoms with Crippen molar-refractivity contribution in [3.63, 3.8) is 0 Å². The summed E-state index contributed by atoms with van der Waals surface area (Å²) in [5, 5.41) is 0. The van der Waals surface area contributed by atoms with Gasteiger partial charge in [0.1, 0.15) is 6.61 Å². The van der Waals surface area contributed by atoms with E-state index in [-0.39, 0.29) is 12.1 Å². The van der Waals surface area contributed by atoms with E-state index in [9.17, 15) is 4.79 Å². The lowest BCUT2D eigenvalue weighted by Crippen LogP contribution is -2.15. The number of hydrogen-bond donors (Lipinski definition) is 0. The fraction of sp³-hybridized carbons (Fsp3) is 0.815. The summed E-state index contributed by atoms with van der Waals surface area (Å²) in [6.45, 7) is 11.2. The Hall–Kier alpha value is -1.09. The molecule has 0 N–H and O–H groups in total. The number of allylic oxidation sites excluding steroid dienone is 4. The van der Waals surface area contributed by atoms with Gasteiger partial charge < -0.3 is 9.47 Å². The van der Waals surface area contributed by atoms with Gasteiger partial charge in [0.2, 0.25) is 0 Å². The molecule has 1 unspecified atom stereocenters. The standard InChI is InChI=1S/C18H34.C7H12O3.C2H6/c1-3-5-7-9-11-13-15-17-18-16-14-12-10-8-6-4-2;1-6(8)10-5-7-3-2-4-9-7;1-2/h11,13,17-18H,3-10,12,14-16H2,1-2H3;7H,2-5H2,1H3;1-2H3/b13-11-,18-17-;;. The van der Waals surface area contributed by atoms with Crippen molar-refractivity contribution < 1.29 is 14.3 Å². The Balaban J connectivity index is 0. The first-order valence-corrected chi connectivity index (χ1v) is 12.8. The third-order valence-electron chi connectivity index (χ3n) is 4.80. The number of carbonyl (C=O) groups is 1. The van der Waals surface area contributed by atoms with Crippen molar-refractivity contribution in [3.8, 4) is 0 Å². The van der Waals surface area contributed by atoms with Crippen molar-refractivity contribution in [1.29, 1.82) is 0 Å². The molecule has 1 aliphatic rings. The van der Waals surface area contributed by atoms with Crippen LogP contribution in [0.4, 0.5) is 0 Å². The second kappa shape index (κ2) is 27.9. The first kappa shape index (κ1) is 31.1. The molecule has 0 spiro atoms. The monoisotopic (exact) mass is 424 g/mol. The van der Waals surface area contributed by atoms with Crippen molar-refractivity contribution in [1.82, 2.24) is 0 Å². The zero-order chi connectivity index (χ0) is 22.7. The minimum Gasteiger partial charge on any atom is -0.463 e. The molecule has 1 aliphatic heterocycles. The maximum atomic E-state index is 10.3. The van der Waals surface area contributed by atoms with E-state index >= 15 is 0 Å². The highest BCUT2D eigenvalue weighted by Gasteiger charge is 2.15. The van der Waals surface area contributed by atoms with E-state index in [1.165, 1.54) is 77.6 Å². The minimum atomic E-state index is -0.226. The Bertz CT molecular complexity index is 382. The SMILES string of the molecule is CC.CC(=O)OCC1CCCO1.CCCCC/C=C\C/C=C\CCCCCCCC. The van der Waals surface area contributed by atoms with Gasteiger partial charge in [0.15, 0.2) is 0 Å². The molecule has 1 rings (SSSR count). The maximum Gasteiger partial charge on any atom is 0.302 e. The second-order valence-electron chi connectivity index (χ2n) is 7.67. The van der Waals surface area contributed by atoms with Gasteiger partial charge in [-0.25, -0.2) is 0 Å². The van der Waals surface area contributed by atoms with Crippen LogP contribution in [0.5, 0.6) is 0 Å². The van der Waals surface area contributed by atoms with E-state index in [1.807, 2.05) is 13.8 Å². The third-order valence-corrected chi connectivity index (χ3v) is 4.80. The van der Waals surface area contributed by atoms with Gasteiger partial charge >= 0.3 is 5.97 Å². The summed E-state index contributed by atoms with van der Waals surface area (Å²) < 4.78 is 9.99. The van der Waals surface area contributed by atoms with Crippen LogP contribution in [-0.4, -0.2) is 25.3 Å². The van der Waals surface area contributed by atoms with Gasteiger partial charge in [-0.2, -0.15) is 0 Å². The van der Waals surface area contributed by atoms with Gasteiger partial charge in [-0.15, -0.1) is 0 Å². The van der Waals surface area contributed by atoms with E-state index in [4.69, 9.17) is 9.47 Å². The number of ether oxygens (including phenoxy) is 2. The molecule has 1 atom stereocenters. The lowest BCUT2D eigenvalue weighted by molar-refractivity contribution is -0.144. The van der Waals surface area contributed by atoms with Crippen molar-refractivity contribution in [2.75, 3.05) is 13.2 Å². The highest BCUT2D eigenvalue weighted by atomic mass is 16.6. The number of carbonyl (C=O) groups excluding carboxylic acids is 1. The van der Waals surface area contributed by atoms with E-state index in [0.717, 1.165) is 25.9 Å². The highest BCUT2D eigenvalue weighted by molar-refractivity contribution is 5.65. The highest BCUT2D eigenvalue weighted by Crippen LogP contribution is 2.11. The fourth-order valence-corrected chi connectivity index (χ4v) is 3.05. The summed E-state index contributed by atoms with van der Waals surface area (Å²) >= 11 is 0. The number of hydrogen-bond acceptors (Lipinski definition) is 3. The number of esters is 1. The molecule has 0 saturated carbocycles. The topological polar surface area (TPSA) is 35.5 Å². The molecule has 1 heterocycles.